The molecule has 0 fully saturated rings. The van der Waals surface area contributed by atoms with Crippen LogP contribution in [0.5, 0.6) is 0 Å². The molecular weight excluding hydrogens is 312 g/mol. The number of benzene rings is 1. The Hall–Kier alpha value is -2.16. The van der Waals surface area contributed by atoms with Crippen LogP contribution in [0.4, 0.5) is 26.3 Å². The average molecular weight is 321 g/mol. The highest BCUT2D eigenvalue weighted by molar-refractivity contribution is 5.60. The van der Waals surface area contributed by atoms with E-state index < -0.39 is 23.7 Å². The van der Waals surface area contributed by atoms with E-state index >= 15 is 0 Å². The number of halogens is 6. The van der Waals surface area contributed by atoms with Gasteiger partial charge in [0, 0.05) is 12.1 Å². The molecule has 118 valence electrons. The van der Waals surface area contributed by atoms with Crippen molar-refractivity contribution in [3.63, 3.8) is 0 Å². The molecule has 0 radical (unpaired) electrons. The third-order valence-corrected chi connectivity index (χ3v) is 2.75. The fraction of sp³-hybridized carbons (Fsp3) is 0.231. The molecule has 0 spiro atoms. The predicted molar refractivity (Wildman–Crippen MR) is 65.4 cm³/mol. The molecule has 0 saturated heterocycles. The van der Waals surface area contributed by atoms with Gasteiger partial charge in [0.2, 0.25) is 5.82 Å². The van der Waals surface area contributed by atoms with Crippen LogP contribution in [-0.4, -0.2) is 9.97 Å². The van der Waals surface area contributed by atoms with Crippen LogP contribution in [0.3, 0.4) is 0 Å². The second-order valence-electron chi connectivity index (χ2n) is 4.35. The van der Waals surface area contributed by atoms with Gasteiger partial charge < -0.3 is 5.73 Å². The van der Waals surface area contributed by atoms with Gasteiger partial charge >= 0.3 is 12.4 Å². The van der Waals surface area contributed by atoms with Crippen molar-refractivity contribution in [3.05, 3.63) is 47.4 Å². The quantitative estimate of drug-likeness (QED) is 0.859. The first-order valence-corrected chi connectivity index (χ1v) is 5.94. The summed E-state index contributed by atoms with van der Waals surface area (Å²) in [5.41, 5.74) is 4.29. The maximum absolute atomic E-state index is 12.7. The molecule has 1 aromatic heterocycles. The van der Waals surface area contributed by atoms with Gasteiger partial charge in [-0.2, -0.15) is 26.3 Å². The second kappa shape index (κ2) is 5.56. The highest BCUT2D eigenvalue weighted by Gasteiger charge is 2.35. The van der Waals surface area contributed by atoms with E-state index in [1.807, 2.05) is 0 Å². The third kappa shape index (κ3) is 3.53. The lowest BCUT2D eigenvalue weighted by molar-refractivity contribution is -0.145. The number of hydrogen-bond donors (Lipinski definition) is 1. The van der Waals surface area contributed by atoms with Gasteiger partial charge in [-0.25, -0.2) is 9.97 Å². The summed E-state index contributed by atoms with van der Waals surface area (Å²) >= 11 is 0. The first-order chi connectivity index (χ1) is 10.1. The highest BCUT2D eigenvalue weighted by atomic mass is 19.4. The molecule has 0 unspecified atom stereocenters. The maximum Gasteiger partial charge on any atom is 0.451 e. The molecule has 22 heavy (non-hydrogen) atoms. The van der Waals surface area contributed by atoms with Gasteiger partial charge in [-0.05, 0) is 18.2 Å². The first kappa shape index (κ1) is 16.2. The summed E-state index contributed by atoms with van der Waals surface area (Å²) in [4.78, 5) is 6.61. The van der Waals surface area contributed by atoms with Crippen LogP contribution in [0.25, 0.3) is 11.3 Å². The first-order valence-electron chi connectivity index (χ1n) is 5.94. The van der Waals surface area contributed by atoms with Gasteiger partial charge in [-0.15, -0.1) is 0 Å². The molecule has 2 N–H and O–H groups in total. The van der Waals surface area contributed by atoms with Crippen LogP contribution in [0.15, 0.2) is 30.3 Å². The van der Waals surface area contributed by atoms with E-state index in [4.69, 9.17) is 5.73 Å². The smallest absolute Gasteiger partial charge is 0.325 e. The molecule has 0 atom stereocenters. The summed E-state index contributed by atoms with van der Waals surface area (Å²) in [5, 5.41) is 0. The molecule has 0 aliphatic heterocycles. The lowest BCUT2D eigenvalue weighted by atomic mass is 10.1. The number of alkyl halides is 6. The monoisotopic (exact) mass is 321 g/mol. The van der Waals surface area contributed by atoms with Crippen molar-refractivity contribution in [1.82, 2.24) is 9.97 Å². The third-order valence-electron chi connectivity index (χ3n) is 2.75. The zero-order valence-electron chi connectivity index (χ0n) is 10.8. The van der Waals surface area contributed by atoms with Crippen LogP contribution in [-0.2, 0) is 18.9 Å². The van der Waals surface area contributed by atoms with Crippen LogP contribution in [0.2, 0.25) is 0 Å². The van der Waals surface area contributed by atoms with Crippen LogP contribution >= 0.6 is 0 Å². The van der Waals surface area contributed by atoms with Crippen molar-refractivity contribution >= 4 is 0 Å². The molecule has 0 aliphatic rings. The summed E-state index contributed by atoms with van der Waals surface area (Å²) in [6, 6.07) is 4.84. The molecule has 1 aromatic carbocycles. The molecule has 3 nitrogen and oxygen atoms in total. The van der Waals surface area contributed by atoms with Gasteiger partial charge in [0.05, 0.1) is 17.0 Å². The van der Waals surface area contributed by atoms with Gasteiger partial charge in [-0.1, -0.05) is 12.1 Å². The van der Waals surface area contributed by atoms with Gasteiger partial charge in [0.25, 0.3) is 0 Å². The minimum Gasteiger partial charge on any atom is -0.325 e. The van der Waals surface area contributed by atoms with Crippen LogP contribution in [0, 0.1) is 0 Å². The van der Waals surface area contributed by atoms with Crippen molar-refractivity contribution < 1.29 is 26.3 Å². The molecule has 1 heterocycles. The molecule has 0 bridgehead atoms. The summed E-state index contributed by atoms with van der Waals surface area (Å²) < 4.78 is 75.5. The molecule has 2 rings (SSSR count). The van der Waals surface area contributed by atoms with Gasteiger partial charge in [0.1, 0.15) is 0 Å². The summed E-state index contributed by atoms with van der Waals surface area (Å²) in [6.07, 6.45) is -9.30. The summed E-state index contributed by atoms with van der Waals surface area (Å²) in [7, 11) is 0. The molecule has 0 amide bonds. The summed E-state index contributed by atoms with van der Waals surface area (Å²) in [5.74, 6) is -1.38. The lowest BCUT2D eigenvalue weighted by Crippen LogP contribution is -2.14. The SMILES string of the molecule is NCc1cc(-c2ccc(C(F)(F)F)cc2)nc(C(F)(F)F)n1. The van der Waals surface area contributed by atoms with Crippen LogP contribution in [0.1, 0.15) is 17.1 Å². The lowest BCUT2D eigenvalue weighted by Gasteiger charge is -2.11. The van der Waals surface area contributed by atoms with E-state index in [1.54, 1.807) is 0 Å². The minimum absolute atomic E-state index is 0.0581. The fourth-order valence-corrected chi connectivity index (χ4v) is 1.71. The van der Waals surface area contributed by atoms with Crippen LogP contribution < -0.4 is 5.73 Å². The van der Waals surface area contributed by atoms with E-state index in [-0.39, 0.29) is 23.5 Å². The number of rotatable bonds is 2. The van der Waals surface area contributed by atoms with Gasteiger partial charge in [0.15, 0.2) is 0 Å². The number of aromatic nitrogens is 2. The Labute approximate surface area is 120 Å². The number of nitrogens with two attached hydrogens (primary N) is 1. The van der Waals surface area contributed by atoms with E-state index in [1.165, 1.54) is 6.07 Å². The topological polar surface area (TPSA) is 51.8 Å². The van der Waals surface area contributed by atoms with Crippen molar-refractivity contribution in [2.45, 2.75) is 18.9 Å². The van der Waals surface area contributed by atoms with Crippen molar-refractivity contribution in [2.24, 2.45) is 5.73 Å². The highest BCUT2D eigenvalue weighted by Crippen LogP contribution is 2.32. The van der Waals surface area contributed by atoms with E-state index in [9.17, 15) is 26.3 Å². The second-order valence-corrected chi connectivity index (χ2v) is 4.35. The Balaban J connectivity index is 2.48. The molecule has 0 saturated carbocycles. The molecule has 0 aliphatic carbocycles. The van der Waals surface area contributed by atoms with E-state index in [0.29, 0.717) is 0 Å². The minimum atomic E-state index is -4.77. The Bertz CT molecular complexity index is 661. The number of nitrogens with zero attached hydrogens (tertiary/aromatic N) is 2. The average Bonchev–Trinajstić information content (AvgIpc) is 2.45. The Morgan fingerprint density at radius 3 is 1.91 bits per heavy atom. The zero-order chi connectivity index (χ0) is 16.5. The van der Waals surface area contributed by atoms with Crippen molar-refractivity contribution in [1.29, 1.82) is 0 Å². The van der Waals surface area contributed by atoms with Gasteiger partial charge in [-0.3, -0.25) is 0 Å². The molecule has 2 aromatic rings. The largest absolute Gasteiger partial charge is 0.451 e. The van der Waals surface area contributed by atoms with E-state index in [0.717, 1.165) is 24.3 Å². The maximum atomic E-state index is 12.7. The molecular formula is C13H9F6N3. The fourth-order valence-electron chi connectivity index (χ4n) is 1.71. The standard InChI is InChI=1S/C13H9F6N3/c14-12(15,16)8-3-1-7(2-4-8)10-5-9(6-20)21-11(22-10)13(17,18)19/h1-5H,6,20H2. The number of hydrogen-bond acceptors (Lipinski definition) is 3. The Morgan fingerprint density at radius 1 is 0.864 bits per heavy atom. The summed E-state index contributed by atoms with van der Waals surface area (Å²) in [6.45, 7) is -0.251. The predicted octanol–water partition coefficient (Wildman–Crippen LogP) is 3.64. The van der Waals surface area contributed by atoms with Crippen molar-refractivity contribution in [2.75, 3.05) is 0 Å². The van der Waals surface area contributed by atoms with Crippen molar-refractivity contribution in [3.8, 4) is 11.3 Å². The zero-order valence-corrected chi connectivity index (χ0v) is 10.8. The molecule has 9 heteroatoms. The Kier molecular flexibility index (Phi) is 4.10. The Morgan fingerprint density at radius 2 is 1.45 bits per heavy atom. The normalized spacial score (nSPS) is 12.5. The van der Waals surface area contributed by atoms with E-state index in [2.05, 4.69) is 9.97 Å².